The fourth-order valence-electron chi connectivity index (χ4n) is 5.86. The average molecular weight is 537 g/mol. The lowest BCUT2D eigenvalue weighted by atomic mass is 10.0. The van der Waals surface area contributed by atoms with Crippen molar-refractivity contribution < 1.29 is 9.53 Å². The van der Waals surface area contributed by atoms with Crippen LogP contribution in [0.1, 0.15) is 44.6 Å². The summed E-state index contributed by atoms with van der Waals surface area (Å²) >= 11 is 0. The fourth-order valence-corrected chi connectivity index (χ4v) is 5.86. The molecule has 2 unspecified atom stereocenters. The van der Waals surface area contributed by atoms with Crippen molar-refractivity contribution in [2.24, 2.45) is 11.8 Å². The normalized spacial score (nSPS) is 20.8. The van der Waals surface area contributed by atoms with Gasteiger partial charge in [-0.25, -0.2) is 15.0 Å². The fraction of sp³-hybridized carbons (Fsp3) is 0.375. The van der Waals surface area contributed by atoms with Crippen molar-refractivity contribution in [3.05, 3.63) is 66.5 Å². The van der Waals surface area contributed by atoms with E-state index < -0.39 is 0 Å². The van der Waals surface area contributed by atoms with Crippen LogP contribution in [0.5, 0.6) is 11.6 Å². The molecule has 40 heavy (non-hydrogen) atoms. The van der Waals surface area contributed by atoms with Crippen LogP contribution >= 0.6 is 0 Å². The monoisotopic (exact) mass is 536 g/mol. The molecule has 3 heterocycles. The molecule has 8 nitrogen and oxygen atoms in total. The Bertz CT molecular complexity index is 1520. The molecule has 206 valence electrons. The summed E-state index contributed by atoms with van der Waals surface area (Å²) in [7, 11) is 0. The SMILES string of the molecule is Cc1ccc2c(NC(=O)[C@@H]3CCC(C)C3)cccc2c1Oc1ncccc1-c1ccnc(NC2CCCNC2)n1. The van der Waals surface area contributed by atoms with E-state index in [1.165, 1.54) is 0 Å². The van der Waals surface area contributed by atoms with Crippen molar-refractivity contribution in [2.75, 3.05) is 23.7 Å². The number of nitrogens with zero attached hydrogens (tertiary/aromatic N) is 3. The van der Waals surface area contributed by atoms with Gasteiger partial charge in [-0.3, -0.25) is 4.79 Å². The molecule has 2 fully saturated rings. The minimum Gasteiger partial charge on any atom is -0.437 e. The predicted molar refractivity (Wildman–Crippen MR) is 159 cm³/mol. The molecule has 1 amide bonds. The van der Waals surface area contributed by atoms with E-state index in [1.54, 1.807) is 12.4 Å². The molecule has 3 N–H and O–H groups in total. The van der Waals surface area contributed by atoms with Crippen molar-refractivity contribution >= 4 is 28.3 Å². The minimum absolute atomic E-state index is 0.0733. The van der Waals surface area contributed by atoms with Crippen LogP contribution in [0.15, 0.2) is 60.9 Å². The molecule has 2 aromatic heterocycles. The van der Waals surface area contributed by atoms with E-state index in [0.29, 0.717) is 29.5 Å². The molecule has 1 aliphatic carbocycles. The summed E-state index contributed by atoms with van der Waals surface area (Å²) in [6, 6.07) is 16.1. The number of anilines is 2. The first kappa shape index (κ1) is 26.2. The maximum Gasteiger partial charge on any atom is 0.228 e. The molecular formula is C32H36N6O2. The van der Waals surface area contributed by atoms with E-state index in [4.69, 9.17) is 9.72 Å². The maximum absolute atomic E-state index is 13.0. The number of nitrogens with one attached hydrogen (secondary N) is 3. The van der Waals surface area contributed by atoms with Crippen molar-refractivity contribution in [3.63, 3.8) is 0 Å². The standard InChI is InChI=1S/C32H36N6O2/c1-20-10-12-22(18-20)30(39)37-27-9-3-7-25-24(27)13-11-21(2)29(25)40-31-26(8-5-16-34-31)28-14-17-35-32(38-28)36-23-6-4-15-33-19-23/h3,5,7-9,11,13-14,16-17,20,22-23,33H,4,6,10,12,15,18-19H2,1-2H3,(H,37,39)(H,35,36,38)/t20?,22-,23?/m1/s1. The van der Waals surface area contributed by atoms with Gasteiger partial charge < -0.3 is 20.7 Å². The largest absolute Gasteiger partial charge is 0.437 e. The van der Waals surface area contributed by atoms with Crippen molar-refractivity contribution in [2.45, 2.75) is 52.0 Å². The highest BCUT2D eigenvalue weighted by Crippen LogP contribution is 2.39. The quantitative estimate of drug-likeness (QED) is 0.254. The van der Waals surface area contributed by atoms with Crippen LogP contribution in [0.3, 0.4) is 0 Å². The number of piperidine rings is 1. The minimum atomic E-state index is 0.0733. The van der Waals surface area contributed by atoms with Gasteiger partial charge in [-0.2, -0.15) is 0 Å². The molecule has 4 aromatic rings. The second-order valence-electron chi connectivity index (χ2n) is 11.1. The molecule has 1 aliphatic heterocycles. The molecule has 1 saturated carbocycles. The first-order valence-corrected chi connectivity index (χ1v) is 14.3. The van der Waals surface area contributed by atoms with Gasteiger partial charge in [0, 0.05) is 47.4 Å². The van der Waals surface area contributed by atoms with Gasteiger partial charge >= 0.3 is 0 Å². The summed E-state index contributed by atoms with van der Waals surface area (Å²) in [6.45, 7) is 6.19. The molecule has 1 saturated heterocycles. The second kappa shape index (κ2) is 11.6. The summed E-state index contributed by atoms with van der Waals surface area (Å²) in [5.41, 5.74) is 3.30. The number of hydrogen-bond acceptors (Lipinski definition) is 7. The predicted octanol–water partition coefficient (Wildman–Crippen LogP) is 6.33. The number of pyridine rings is 1. The molecule has 8 heteroatoms. The molecule has 3 atom stereocenters. The number of ether oxygens (including phenoxy) is 1. The highest BCUT2D eigenvalue weighted by Gasteiger charge is 2.28. The zero-order chi connectivity index (χ0) is 27.5. The lowest BCUT2D eigenvalue weighted by Crippen LogP contribution is -2.38. The van der Waals surface area contributed by atoms with Crippen LogP contribution in [-0.4, -0.2) is 40.0 Å². The van der Waals surface area contributed by atoms with Gasteiger partial charge in [0.2, 0.25) is 17.7 Å². The number of fused-ring (bicyclic) bond motifs is 1. The van der Waals surface area contributed by atoms with Gasteiger partial charge in [0.05, 0.1) is 11.3 Å². The number of carbonyl (C=O) groups excluding carboxylic acids is 1. The number of aromatic nitrogens is 3. The molecule has 0 radical (unpaired) electrons. The lowest BCUT2D eigenvalue weighted by molar-refractivity contribution is -0.119. The van der Waals surface area contributed by atoms with E-state index in [0.717, 1.165) is 78.5 Å². The summed E-state index contributed by atoms with van der Waals surface area (Å²) in [6.07, 6.45) is 8.72. The first-order chi connectivity index (χ1) is 19.5. The van der Waals surface area contributed by atoms with Gasteiger partial charge in [0.15, 0.2) is 0 Å². The third kappa shape index (κ3) is 5.63. The van der Waals surface area contributed by atoms with E-state index in [2.05, 4.69) is 32.8 Å². The van der Waals surface area contributed by atoms with Gasteiger partial charge in [0.25, 0.3) is 0 Å². The number of rotatable bonds is 7. The molecule has 6 rings (SSSR count). The Balaban J connectivity index is 1.29. The van der Waals surface area contributed by atoms with Crippen LogP contribution in [0.4, 0.5) is 11.6 Å². The van der Waals surface area contributed by atoms with Crippen LogP contribution in [0.25, 0.3) is 22.0 Å². The Kier molecular flexibility index (Phi) is 7.60. The smallest absolute Gasteiger partial charge is 0.228 e. The van der Waals surface area contributed by atoms with E-state index in [9.17, 15) is 4.79 Å². The summed E-state index contributed by atoms with van der Waals surface area (Å²) < 4.78 is 6.56. The summed E-state index contributed by atoms with van der Waals surface area (Å²) in [5.74, 6) is 2.55. The molecule has 0 spiro atoms. The van der Waals surface area contributed by atoms with Crippen molar-refractivity contribution in [1.82, 2.24) is 20.3 Å². The Morgan fingerprint density at radius 1 is 1.00 bits per heavy atom. The first-order valence-electron chi connectivity index (χ1n) is 14.3. The van der Waals surface area contributed by atoms with Crippen molar-refractivity contribution in [1.29, 1.82) is 0 Å². The highest BCUT2D eigenvalue weighted by molar-refractivity contribution is 6.05. The van der Waals surface area contributed by atoms with E-state index in [-0.39, 0.29) is 11.8 Å². The van der Waals surface area contributed by atoms with E-state index >= 15 is 0 Å². The van der Waals surface area contributed by atoms with Gasteiger partial charge in [-0.05, 0) is 81.3 Å². The maximum atomic E-state index is 13.0. The third-order valence-electron chi connectivity index (χ3n) is 8.06. The number of carbonyl (C=O) groups is 1. The van der Waals surface area contributed by atoms with E-state index in [1.807, 2.05) is 55.5 Å². The number of hydrogen-bond donors (Lipinski definition) is 3. The van der Waals surface area contributed by atoms with Gasteiger partial charge in [-0.15, -0.1) is 0 Å². The Hall–Kier alpha value is -4.04. The number of benzene rings is 2. The van der Waals surface area contributed by atoms with Crippen LogP contribution in [0, 0.1) is 18.8 Å². The lowest BCUT2D eigenvalue weighted by Gasteiger charge is -2.23. The molecule has 2 aromatic carbocycles. The molecular weight excluding hydrogens is 500 g/mol. The Morgan fingerprint density at radius 2 is 1.93 bits per heavy atom. The number of amides is 1. The Morgan fingerprint density at radius 3 is 2.75 bits per heavy atom. The zero-order valence-corrected chi connectivity index (χ0v) is 23.1. The zero-order valence-electron chi connectivity index (χ0n) is 23.1. The highest BCUT2D eigenvalue weighted by atomic mass is 16.5. The molecule has 2 aliphatic rings. The topological polar surface area (TPSA) is 101 Å². The van der Waals surface area contributed by atoms with Crippen LogP contribution in [0.2, 0.25) is 0 Å². The summed E-state index contributed by atoms with van der Waals surface area (Å²) in [5, 5.41) is 11.9. The molecule has 0 bridgehead atoms. The Labute approximate surface area is 235 Å². The summed E-state index contributed by atoms with van der Waals surface area (Å²) in [4.78, 5) is 26.9. The third-order valence-corrected chi connectivity index (χ3v) is 8.06. The van der Waals surface area contributed by atoms with Crippen LogP contribution < -0.4 is 20.7 Å². The van der Waals surface area contributed by atoms with Gasteiger partial charge in [0.1, 0.15) is 5.75 Å². The number of aryl methyl sites for hydroxylation is 1. The second-order valence-corrected chi connectivity index (χ2v) is 11.1. The average Bonchev–Trinajstić information content (AvgIpc) is 3.42. The van der Waals surface area contributed by atoms with Crippen molar-refractivity contribution in [3.8, 4) is 22.9 Å². The van der Waals surface area contributed by atoms with Crippen LogP contribution in [-0.2, 0) is 4.79 Å². The van der Waals surface area contributed by atoms with Gasteiger partial charge in [-0.1, -0.05) is 31.2 Å².